The number of methoxy groups -OCH3 is 1. The highest BCUT2D eigenvalue weighted by molar-refractivity contribution is 7.80. The lowest BCUT2D eigenvalue weighted by Crippen LogP contribution is -2.24. The van der Waals surface area contributed by atoms with Crippen LogP contribution in [0.15, 0.2) is 12.4 Å². The number of hydrogen-bond acceptors (Lipinski definition) is 5. The molecule has 0 radical (unpaired) electrons. The zero-order chi connectivity index (χ0) is 12.0. The first-order valence-corrected chi connectivity index (χ1v) is 5.45. The normalized spacial score (nSPS) is 12.1. The Labute approximate surface area is 100 Å². The zero-order valence-electron chi connectivity index (χ0n) is 9.43. The molecule has 1 rings (SSSR count). The minimum Gasteiger partial charge on any atom is -0.388 e. The Kier molecular flexibility index (Phi) is 5.07. The molecule has 3 N–H and O–H groups in total. The van der Waals surface area contributed by atoms with E-state index in [9.17, 15) is 0 Å². The largest absolute Gasteiger partial charge is 0.388 e. The second kappa shape index (κ2) is 6.34. The van der Waals surface area contributed by atoms with Crippen LogP contribution in [-0.4, -0.2) is 34.7 Å². The second-order valence-corrected chi connectivity index (χ2v) is 3.80. The van der Waals surface area contributed by atoms with E-state index in [1.807, 2.05) is 0 Å². The first-order chi connectivity index (χ1) is 7.67. The monoisotopic (exact) mass is 240 g/mol. The molecule has 0 bridgehead atoms. The van der Waals surface area contributed by atoms with Crippen molar-refractivity contribution in [3.63, 3.8) is 0 Å². The van der Waals surface area contributed by atoms with Crippen LogP contribution in [0, 0.1) is 0 Å². The molecular weight excluding hydrogens is 224 g/mol. The summed E-state index contributed by atoms with van der Waals surface area (Å²) in [6.45, 7) is 2.71. The third-order valence-electron chi connectivity index (χ3n) is 2.12. The summed E-state index contributed by atoms with van der Waals surface area (Å²) in [5.74, 6) is 0.698. The number of nitrogens with one attached hydrogen (secondary N) is 1. The molecule has 0 saturated carbocycles. The maximum atomic E-state index is 5.43. The molecule has 1 aromatic heterocycles. The molecule has 1 heterocycles. The molecule has 0 saturated heterocycles. The van der Waals surface area contributed by atoms with Gasteiger partial charge in [-0.3, -0.25) is 0 Å². The number of ether oxygens (including phenoxy) is 1. The molecule has 1 atom stereocenters. The molecule has 0 fully saturated rings. The molecule has 16 heavy (non-hydrogen) atoms. The van der Waals surface area contributed by atoms with E-state index < -0.39 is 0 Å². The maximum Gasteiger partial charge on any atom is 0.144 e. The lowest BCUT2D eigenvalue weighted by Gasteiger charge is -2.16. The van der Waals surface area contributed by atoms with E-state index in [4.69, 9.17) is 22.7 Å². The first-order valence-electron chi connectivity index (χ1n) is 5.04. The van der Waals surface area contributed by atoms with Gasteiger partial charge in [-0.05, 0) is 6.42 Å². The molecule has 0 spiro atoms. The Morgan fingerprint density at radius 3 is 2.75 bits per heavy atom. The van der Waals surface area contributed by atoms with E-state index in [1.54, 1.807) is 19.5 Å². The summed E-state index contributed by atoms with van der Waals surface area (Å²) in [5, 5.41) is 3.21. The lowest BCUT2D eigenvalue weighted by molar-refractivity contribution is 0.184. The van der Waals surface area contributed by atoms with Gasteiger partial charge in [0.25, 0.3) is 0 Å². The van der Waals surface area contributed by atoms with Crippen LogP contribution >= 0.6 is 12.2 Å². The van der Waals surface area contributed by atoms with E-state index in [2.05, 4.69) is 22.2 Å². The van der Waals surface area contributed by atoms with E-state index in [0.717, 1.165) is 6.42 Å². The van der Waals surface area contributed by atoms with Gasteiger partial charge in [-0.25, -0.2) is 9.97 Å². The van der Waals surface area contributed by atoms with Crippen molar-refractivity contribution in [1.29, 1.82) is 0 Å². The van der Waals surface area contributed by atoms with Gasteiger partial charge in [-0.15, -0.1) is 0 Å². The lowest BCUT2D eigenvalue weighted by atomic mass is 10.2. The van der Waals surface area contributed by atoms with Crippen molar-refractivity contribution < 1.29 is 4.74 Å². The molecule has 5 nitrogen and oxygen atoms in total. The Hall–Kier alpha value is -1.27. The Bertz CT molecular complexity index is 341. The molecular formula is C10H16N4OS. The van der Waals surface area contributed by atoms with Crippen molar-refractivity contribution in [3.8, 4) is 0 Å². The molecule has 88 valence electrons. The Morgan fingerprint density at radius 2 is 2.31 bits per heavy atom. The van der Waals surface area contributed by atoms with Crippen molar-refractivity contribution >= 4 is 23.0 Å². The molecule has 0 aliphatic heterocycles. The molecule has 1 unspecified atom stereocenters. The van der Waals surface area contributed by atoms with Crippen LogP contribution in [0.5, 0.6) is 0 Å². The SMILES string of the molecule is CCC(COC)Nc1cnc(C(N)=S)cn1. The number of aromatic nitrogens is 2. The highest BCUT2D eigenvalue weighted by atomic mass is 32.1. The van der Waals surface area contributed by atoms with Gasteiger partial charge in [-0.2, -0.15) is 0 Å². The van der Waals surface area contributed by atoms with Gasteiger partial charge < -0.3 is 15.8 Å². The number of nitrogens with two attached hydrogens (primary N) is 1. The highest BCUT2D eigenvalue weighted by Gasteiger charge is 2.06. The third-order valence-corrected chi connectivity index (χ3v) is 2.33. The van der Waals surface area contributed by atoms with Crippen molar-refractivity contribution in [1.82, 2.24) is 9.97 Å². The van der Waals surface area contributed by atoms with Gasteiger partial charge in [0.05, 0.1) is 25.0 Å². The standard InChI is InChI=1S/C10H16N4OS/c1-3-7(6-15-2)14-9-5-12-8(4-13-9)10(11)16/h4-5,7H,3,6H2,1-2H3,(H2,11,16)(H,13,14). The first kappa shape index (κ1) is 12.8. The van der Waals surface area contributed by atoms with E-state index in [0.29, 0.717) is 18.1 Å². The molecule has 6 heteroatoms. The summed E-state index contributed by atoms with van der Waals surface area (Å²) in [6, 6.07) is 0.231. The van der Waals surface area contributed by atoms with Crippen LogP contribution in [-0.2, 0) is 4.74 Å². The van der Waals surface area contributed by atoms with E-state index in [1.165, 1.54) is 0 Å². The van der Waals surface area contributed by atoms with Gasteiger partial charge in [0.2, 0.25) is 0 Å². The van der Waals surface area contributed by atoms with Crippen LogP contribution in [0.4, 0.5) is 5.82 Å². The third kappa shape index (κ3) is 3.71. The number of thiocarbonyl (C=S) groups is 1. The van der Waals surface area contributed by atoms with E-state index >= 15 is 0 Å². The second-order valence-electron chi connectivity index (χ2n) is 3.36. The smallest absolute Gasteiger partial charge is 0.144 e. The molecule has 0 amide bonds. The quantitative estimate of drug-likeness (QED) is 0.721. The summed E-state index contributed by atoms with van der Waals surface area (Å²) in [7, 11) is 1.67. The van der Waals surface area contributed by atoms with Gasteiger partial charge in [0, 0.05) is 7.11 Å². The molecule has 0 aromatic carbocycles. The maximum absolute atomic E-state index is 5.43. The fourth-order valence-electron chi connectivity index (χ4n) is 1.20. The average molecular weight is 240 g/mol. The van der Waals surface area contributed by atoms with Gasteiger partial charge in [-0.1, -0.05) is 19.1 Å². The number of rotatable bonds is 6. The van der Waals surface area contributed by atoms with Crippen molar-refractivity contribution in [2.24, 2.45) is 5.73 Å². The van der Waals surface area contributed by atoms with Crippen LogP contribution in [0.3, 0.4) is 0 Å². The summed E-state index contributed by atoms with van der Waals surface area (Å²) in [6.07, 6.45) is 4.13. The fraction of sp³-hybridized carbons (Fsp3) is 0.500. The van der Waals surface area contributed by atoms with Crippen LogP contribution in [0.25, 0.3) is 0 Å². The van der Waals surface area contributed by atoms with Crippen molar-refractivity contribution in [2.75, 3.05) is 19.0 Å². The predicted octanol–water partition coefficient (Wildman–Crippen LogP) is 0.948. The predicted molar refractivity (Wildman–Crippen MR) is 67.5 cm³/mol. The highest BCUT2D eigenvalue weighted by Crippen LogP contribution is 2.05. The van der Waals surface area contributed by atoms with Crippen molar-refractivity contribution in [2.45, 2.75) is 19.4 Å². The van der Waals surface area contributed by atoms with E-state index in [-0.39, 0.29) is 11.0 Å². The molecule has 0 aliphatic carbocycles. The topological polar surface area (TPSA) is 73.1 Å². The van der Waals surface area contributed by atoms with Gasteiger partial charge >= 0.3 is 0 Å². The Balaban J connectivity index is 2.63. The average Bonchev–Trinajstić information content (AvgIpc) is 2.29. The summed E-state index contributed by atoms with van der Waals surface area (Å²) < 4.78 is 5.08. The van der Waals surface area contributed by atoms with Gasteiger partial charge in [0.1, 0.15) is 16.5 Å². The molecule has 0 aliphatic rings. The zero-order valence-corrected chi connectivity index (χ0v) is 10.3. The Morgan fingerprint density at radius 1 is 1.56 bits per heavy atom. The van der Waals surface area contributed by atoms with Crippen LogP contribution in [0.2, 0.25) is 0 Å². The number of anilines is 1. The number of nitrogens with zero attached hydrogens (tertiary/aromatic N) is 2. The minimum absolute atomic E-state index is 0.231. The number of hydrogen-bond donors (Lipinski definition) is 2. The van der Waals surface area contributed by atoms with Crippen molar-refractivity contribution in [3.05, 3.63) is 18.1 Å². The fourth-order valence-corrected chi connectivity index (χ4v) is 1.31. The van der Waals surface area contributed by atoms with Crippen LogP contribution < -0.4 is 11.1 Å². The minimum atomic E-state index is 0.231. The summed E-state index contributed by atoms with van der Waals surface area (Å²) in [4.78, 5) is 8.52. The van der Waals surface area contributed by atoms with Gasteiger partial charge in [0.15, 0.2) is 0 Å². The summed E-state index contributed by atoms with van der Waals surface area (Å²) >= 11 is 4.79. The van der Waals surface area contributed by atoms with Crippen LogP contribution in [0.1, 0.15) is 19.0 Å². The molecule has 1 aromatic rings. The summed E-state index contributed by atoms with van der Waals surface area (Å²) in [5.41, 5.74) is 5.96.